The molecule has 5 heteroatoms. The lowest BCUT2D eigenvalue weighted by molar-refractivity contribution is 0.0948. The number of aryl methyl sites for hydroxylation is 1. The third-order valence-electron chi connectivity index (χ3n) is 2.87. The van der Waals surface area contributed by atoms with Crippen LogP contribution < -0.4 is 11.1 Å². The maximum atomic E-state index is 12.1. The molecule has 0 unspecified atom stereocenters. The number of pyridine rings is 1. The van der Waals surface area contributed by atoms with Crippen molar-refractivity contribution in [1.29, 1.82) is 0 Å². The second-order valence-corrected chi connectivity index (χ2v) is 4.39. The Bertz CT molecular complexity index is 611. The molecule has 4 N–H and O–H groups in total. The van der Waals surface area contributed by atoms with Crippen LogP contribution in [0.25, 0.3) is 10.8 Å². The summed E-state index contributed by atoms with van der Waals surface area (Å²) in [6, 6.07) is 7.31. The van der Waals surface area contributed by atoms with Gasteiger partial charge in [-0.25, -0.2) is 4.98 Å². The number of benzene rings is 1. The standard InChI is InChI=1S/C14H17N3O2/c1-9-8-11-10(4-2-5-12(11)15)13(17-9)14(19)16-6-3-7-18/h2,4-5,8,18H,3,6-7,15H2,1H3,(H,16,19). The molecule has 1 aromatic heterocycles. The summed E-state index contributed by atoms with van der Waals surface area (Å²) in [5, 5.41) is 13.0. The van der Waals surface area contributed by atoms with Gasteiger partial charge in [0.2, 0.25) is 0 Å². The van der Waals surface area contributed by atoms with Crippen LogP contribution in [0.5, 0.6) is 0 Å². The van der Waals surface area contributed by atoms with E-state index >= 15 is 0 Å². The molecule has 19 heavy (non-hydrogen) atoms. The summed E-state index contributed by atoms with van der Waals surface area (Å²) in [4.78, 5) is 16.4. The number of fused-ring (bicyclic) bond motifs is 1. The Morgan fingerprint density at radius 2 is 2.21 bits per heavy atom. The highest BCUT2D eigenvalue weighted by molar-refractivity contribution is 6.08. The molecule has 0 aliphatic heterocycles. The zero-order valence-corrected chi connectivity index (χ0v) is 10.8. The number of carbonyl (C=O) groups is 1. The van der Waals surface area contributed by atoms with Gasteiger partial charge in [0.05, 0.1) is 0 Å². The fourth-order valence-corrected chi connectivity index (χ4v) is 1.97. The Hall–Kier alpha value is -2.14. The Kier molecular flexibility index (Phi) is 3.97. The first-order chi connectivity index (χ1) is 9.13. The first-order valence-corrected chi connectivity index (χ1v) is 6.18. The topological polar surface area (TPSA) is 88.2 Å². The number of nitrogens with two attached hydrogens (primary N) is 1. The van der Waals surface area contributed by atoms with Crippen LogP contribution in [0.2, 0.25) is 0 Å². The van der Waals surface area contributed by atoms with Crippen molar-refractivity contribution in [2.75, 3.05) is 18.9 Å². The van der Waals surface area contributed by atoms with Gasteiger partial charge in [-0.15, -0.1) is 0 Å². The van der Waals surface area contributed by atoms with Gasteiger partial charge in [-0.3, -0.25) is 4.79 Å². The van der Waals surface area contributed by atoms with Crippen molar-refractivity contribution >= 4 is 22.4 Å². The van der Waals surface area contributed by atoms with E-state index in [4.69, 9.17) is 10.8 Å². The number of hydrogen-bond donors (Lipinski definition) is 3. The summed E-state index contributed by atoms with van der Waals surface area (Å²) in [7, 11) is 0. The van der Waals surface area contributed by atoms with E-state index in [0.717, 1.165) is 16.5 Å². The molecule has 1 heterocycles. The molecule has 1 amide bonds. The SMILES string of the molecule is Cc1cc2c(N)cccc2c(C(=O)NCCCO)n1. The summed E-state index contributed by atoms with van der Waals surface area (Å²) >= 11 is 0. The van der Waals surface area contributed by atoms with Crippen molar-refractivity contribution in [1.82, 2.24) is 10.3 Å². The normalized spacial score (nSPS) is 10.6. The Morgan fingerprint density at radius 3 is 2.95 bits per heavy atom. The van der Waals surface area contributed by atoms with Crippen LogP contribution in [0.4, 0.5) is 5.69 Å². The van der Waals surface area contributed by atoms with Crippen LogP contribution in [0.3, 0.4) is 0 Å². The van der Waals surface area contributed by atoms with Gasteiger partial charge in [-0.1, -0.05) is 12.1 Å². The monoisotopic (exact) mass is 259 g/mol. The molecule has 1 aromatic carbocycles. The molecule has 2 aromatic rings. The molecule has 2 rings (SSSR count). The predicted molar refractivity (Wildman–Crippen MR) is 74.9 cm³/mol. The van der Waals surface area contributed by atoms with Crippen molar-refractivity contribution in [2.45, 2.75) is 13.3 Å². The van der Waals surface area contributed by atoms with E-state index in [1.807, 2.05) is 19.1 Å². The maximum Gasteiger partial charge on any atom is 0.270 e. The van der Waals surface area contributed by atoms with Crippen LogP contribution in [0.15, 0.2) is 24.3 Å². The van der Waals surface area contributed by atoms with Gasteiger partial charge < -0.3 is 16.2 Å². The van der Waals surface area contributed by atoms with Crippen molar-refractivity contribution in [3.63, 3.8) is 0 Å². The van der Waals surface area contributed by atoms with Gasteiger partial charge in [0.1, 0.15) is 5.69 Å². The lowest BCUT2D eigenvalue weighted by atomic mass is 10.1. The maximum absolute atomic E-state index is 12.1. The number of anilines is 1. The number of nitrogens with zero attached hydrogens (tertiary/aromatic N) is 1. The molecule has 0 aliphatic rings. The summed E-state index contributed by atoms with van der Waals surface area (Å²) in [5.41, 5.74) is 7.68. The number of rotatable bonds is 4. The number of nitrogen functional groups attached to an aromatic ring is 1. The Morgan fingerprint density at radius 1 is 1.42 bits per heavy atom. The van der Waals surface area contributed by atoms with Gasteiger partial charge >= 0.3 is 0 Å². The number of aliphatic hydroxyl groups is 1. The largest absolute Gasteiger partial charge is 0.398 e. The van der Waals surface area contributed by atoms with E-state index < -0.39 is 0 Å². The summed E-state index contributed by atoms with van der Waals surface area (Å²) in [6.07, 6.45) is 0.525. The van der Waals surface area contributed by atoms with Gasteiger partial charge in [0.25, 0.3) is 5.91 Å². The van der Waals surface area contributed by atoms with E-state index in [1.165, 1.54) is 0 Å². The highest BCUT2D eigenvalue weighted by Crippen LogP contribution is 2.23. The number of aromatic nitrogens is 1. The van der Waals surface area contributed by atoms with E-state index in [0.29, 0.717) is 24.3 Å². The Balaban J connectivity index is 2.42. The molecule has 0 saturated heterocycles. The van der Waals surface area contributed by atoms with Crippen LogP contribution >= 0.6 is 0 Å². The molecule has 0 aliphatic carbocycles. The van der Waals surface area contributed by atoms with Crippen molar-refractivity contribution in [3.05, 3.63) is 35.7 Å². The van der Waals surface area contributed by atoms with Crippen LogP contribution in [0, 0.1) is 6.92 Å². The molecule has 100 valence electrons. The molecular weight excluding hydrogens is 242 g/mol. The lowest BCUT2D eigenvalue weighted by Crippen LogP contribution is -2.26. The van der Waals surface area contributed by atoms with Gasteiger partial charge in [0.15, 0.2) is 0 Å². The molecule has 0 radical (unpaired) electrons. The molecular formula is C14H17N3O2. The quantitative estimate of drug-likeness (QED) is 0.569. The van der Waals surface area contributed by atoms with Crippen LogP contribution in [-0.4, -0.2) is 29.1 Å². The molecule has 0 spiro atoms. The number of aliphatic hydroxyl groups excluding tert-OH is 1. The van der Waals surface area contributed by atoms with E-state index in [-0.39, 0.29) is 12.5 Å². The van der Waals surface area contributed by atoms with E-state index in [1.54, 1.807) is 12.1 Å². The van der Waals surface area contributed by atoms with E-state index in [2.05, 4.69) is 10.3 Å². The summed E-state index contributed by atoms with van der Waals surface area (Å²) < 4.78 is 0. The highest BCUT2D eigenvalue weighted by atomic mass is 16.3. The van der Waals surface area contributed by atoms with Crippen molar-refractivity contribution < 1.29 is 9.90 Å². The minimum absolute atomic E-state index is 0.0508. The highest BCUT2D eigenvalue weighted by Gasteiger charge is 2.13. The van der Waals surface area contributed by atoms with Crippen LogP contribution in [0.1, 0.15) is 22.6 Å². The molecule has 5 nitrogen and oxygen atoms in total. The summed E-state index contributed by atoms with van der Waals surface area (Å²) in [6.45, 7) is 2.31. The number of carbonyl (C=O) groups excluding carboxylic acids is 1. The fraction of sp³-hybridized carbons (Fsp3) is 0.286. The number of amides is 1. The minimum atomic E-state index is -0.243. The Labute approximate surface area is 111 Å². The number of nitrogens with one attached hydrogen (secondary N) is 1. The lowest BCUT2D eigenvalue weighted by Gasteiger charge is -2.09. The zero-order valence-electron chi connectivity index (χ0n) is 10.8. The van der Waals surface area contributed by atoms with E-state index in [9.17, 15) is 4.79 Å². The molecule has 0 saturated carbocycles. The van der Waals surface area contributed by atoms with Crippen LogP contribution in [-0.2, 0) is 0 Å². The minimum Gasteiger partial charge on any atom is -0.398 e. The van der Waals surface area contributed by atoms with Crippen molar-refractivity contribution in [3.8, 4) is 0 Å². The predicted octanol–water partition coefficient (Wildman–Crippen LogP) is 1.24. The molecule has 0 bridgehead atoms. The van der Waals surface area contributed by atoms with Crippen molar-refractivity contribution in [2.24, 2.45) is 0 Å². The molecule has 0 fully saturated rings. The second kappa shape index (κ2) is 5.67. The second-order valence-electron chi connectivity index (χ2n) is 4.39. The first-order valence-electron chi connectivity index (χ1n) is 6.18. The average molecular weight is 259 g/mol. The van der Waals surface area contributed by atoms with Gasteiger partial charge in [-0.05, 0) is 25.5 Å². The van der Waals surface area contributed by atoms with Gasteiger partial charge in [-0.2, -0.15) is 0 Å². The third-order valence-corrected chi connectivity index (χ3v) is 2.87. The fourth-order valence-electron chi connectivity index (χ4n) is 1.97. The molecule has 0 atom stereocenters. The first kappa shape index (κ1) is 13.3. The average Bonchev–Trinajstić information content (AvgIpc) is 2.39. The smallest absolute Gasteiger partial charge is 0.270 e. The third kappa shape index (κ3) is 2.82. The summed E-state index contributed by atoms with van der Waals surface area (Å²) in [5.74, 6) is -0.243. The van der Waals surface area contributed by atoms with Gasteiger partial charge in [0, 0.05) is 35.3 Å². The zero-order chi connectivity index (χ0) is 13.8. The number of hydrogen-bond acceptors (Lipinski definition) is 4.